The number of nitrogens with one attached hydrogen (secondary N) is 1. The van der Waals surface area contributed by atoms with Gasteiger partial charge in [-0.15, -0.1) is 0 Å². The van der Waals surface area contributed by atoms with Gasteiger partial charge in [-0.1, -0.05) is 30.3 Å². The highest BCUT2D eigenvalue weighted by molar-refractivity contribution is 5.80. The van der Waals surface area contributed by atoms with E-state index in [1.165, 1.54) is 4.90 Å². The molecule has 14 heavy (non-hydrogen) atoms. The van der Waals surface area contributed by atoms with E-state index in [1.54, 1.807) is 0 Å². The van der Waals surface area contributed by atoms with E-state index >= 15 is 0 Å². The minimum atomic E-state index is -0.845. The molecule has 1 aromatic carbocycles. The first kappa shape index (κ1) is 9.18. The van der Waals surface area contributed by atoms with Gasteiger partial charge in [0.25, 0.3) is 0 Å². The van der Waals surface area contributed by atoms with Gasteiger partial charge in [-0.3, -0.25) is 15.0 Å². The number of amides is 1. The molecule has 1 atom stereocenters. The lowest BCUT2D eigenvalue weighted by atomic mass is 10.2. The number of benzene rings is 1. The minimum Gasteiger partial charge on any atom is -0.361 e. The van der Waals surface area contributed by atoms with Gasteiger partial charge in [0.2, 0.25) is 5.91 Å². The van der Waals surface area contributed by atoms with Crippen molar-refractivity contribution in [3.63, 3.8) is 0 Å². The Bertz CT molecular complexity index is 326. The first-order chi connectivity index (χ1) is 6.77. The number of hydrogen-bond donors (Lipinski definition) is 2. The second kappa shape index (κ2) is 3.77. The molecule has 1 saturated heterocycles. The molecule has 0 radical (unpaired) electrons. The van der Waals surface area contributed by atoms with Crippen molar-refractivity contribution in [3.8, 4) is 0 Å². The third kappa shape index (κ3) is 1.76. The fourth-order valence-corrected chi connectivity index (χ4v) is 1.48. The second-order valence-electron chi connectivity index (χ2n) is 3.26. The maximum absolute atomic E-state index is 11.3. The Morgan fingerprint density at radius 1 is 1.43 bits per heavy atom. The van der Waals surface area contributed by atoms with Gasteiger partial charge in [0.05, 0.1) is 6.54 Å². The molecule has 4 heteroatoms. The van der Waals surface area contributed by atoms with Crippen molar-refractivity contribution in [2.45, 2.75) is 12.9 Å². The van der Waals surface area contributed by atoms with Crippen molar-refractivity contribution in [1.82, 2.24) is 10.2 Å². The van der Waals surface area contributed by atoms with Gasteiger partial charge in [-0.2, -0.15) is 0 Å². The summed E-state index contributed by atoms with van der Waals surface area (Å²) in [5.74, 6) is -0.0682. The Morgan fingerprint density at radius 2 is 2.14 bits per heavy atom. The van der Waals surface area contributed by atoms with Gasteiger partial charge in [-0.25, -0.2) is 0 Å². The molecule has 1 amide bonds. The van der Waals surface area contributed by atoms with E-state index in [9.17, 15) is 9.90 Å². The van der Waals surface area contributed by atoms with Crippen LogP contribution < -0.4 is 5.32 Å². The molecule has 74 valence electrons. The Balaban J connectivity index is 2.07. The Morgan fingerprint density at radius 3 is 2.71 bits per heavy atom. The largest absolute Gasteiger partial charge is 0.361 e. The summed E-state index contributed by atoms with van der Waals surface area (Å²) >= 11 is 0. The molecule has 2 rings (SSSR count). The number of aliphatic hydroxyl groups excluding tert-OH is 1. The lowest BCUT2D eigenvalue weighted by Gasteiger charge is -2.19. The molecule has 1 unspecified atom stereocenters. The molecule has 1 aliphatic rings. The number of hydrogen-bond acceptors (Lipinski definition) is 3. The molecular formula is C10H12N2O2. The van der Waals surface area contributed by atoms with Gasteiger partial charge in [0, 0.05) is 6.54 Å². The topological polar surface area (TPSA) is 52.6 Å². The van der Waals surface area contributed by atoms with E-state index < -0.39 is 6.35 Å². The van der Waals surface area contributed by atoms with Gasteiger partial charge in [0.1, 0.15) is 0 Å². The van der Waals surface area contributed by atoms with E-state index in [1.807, 2.05) is 30.3 Å². The number of rotatable bonds is 2. The lowest BCUT2D eigenvalue weighted by Crippen LogP contribution is -2.36. The van der Waals surface area contributed by atoms with Crippen molar-refractivity contribution >= 4 is 5.91 Å². The molecule has 0 aromatic heterocycles. The van der Waals surface area contributed by atoms with Crippen LogP contribution in [0.5, 0.6) is 0 Å². The van der Waals surface area contributed by atoms with Gasteiger partial charge < -0.3 is 5.11 Å². The first-order valence-corrected chi connectivity index (χ1v) is 4.52. The molecule has 0 saturated carbocycles. The van der Waals surface area contributed by atoms with Crippen molar-refractivity contribution in [1.29, 1.82) is 0 Å². The van der Waals surface area contributed by atoms with Crippen LogP contribution in [0.2, 0.25) is 0 Å². The molecule has 1 fully saturated rings. The standard InChI is InChI=1S/C10H12N2O2/c13-9-6-11-10(14)12(9)7-8-4-2-1-3-5-8/h1-5,10-11,14H,6-7H2. The van der Waals surface area contributed by atoms with Crippen molar-refractivity contribution in [2.75, 3.05) is 6.54 Å². The Kier molecular flexibility index (Phi) is 2.47. The molecule has 4 nitrogen and oxygen atoms in total. The average Bonchev–Trinajstić information content (AvgIpc) is 2.51. The zero-order valence-electron chi connectivity index (χ0n) is 7.68. The summed E-state index contributed by atoms with van der Waals surface area (Å²) in [6.45, 7) is 0.668. The van der Waals surface area contributed by atoms with E-state index in [-0.39, 0.29) is 12.5 Å². The first-order valence-electron chi connectivity index (χ1n) is 4.52. The SMILES string of the molecule is O=C1CNC(O)N1Cc1ccccc1. The number of aliphatic hydroxyl groups is 1. The van der Waals surface area contributed by atoms with Crippen LogP contribution in [0.3, 0.4) is 0 Å². The van der Waals surface area contributed by atoms with Gasteiger partial charge in [-0.05, 0) is 5.56 Å². The third-order valence-electron chi connectivity index (χ3n) is 2.25. The van der Waals surface area contributed by atoms with Crippen LogP contribution in [-0.2, 0) is 11.3 Å². The van der Waals surface area contributed by atoms with Gasteiger partial charge in [0.15, 0.2) is 6.35 Å². The second-order valence-corrected chi connectivity index (χ2v) is 3.26. The van der Waals surface area contributed by atoms with Crippen LogP contribution in [0, 0.1) is 0 Å². The molecule has 2 N–H and O–H groups in total. The van der Waals surface area contributed by atoms with Crippen LogP contribution in [0.4, 0.5) is 0 Å². The van der Waals surface area contributed by atoms with E-state index in [0.29, 0.717) is 6.54 Å². The van der Waals surface area contributed by atoms with Crippen LogP contribution in [-0.4, -0.2) is 28.8 Å². The van der Waals surface area contributed by atoms with Gasteiger partial charge >= 0.3 is 0 Å². The summed E-state index contributed by atoms with van der Waals surface area (Å²) < 4.78 is 0. The number of carbonyl (C=O) groups is 1. The summed E-state index contributed by atoms with van der Waals surface area (Å²) in [5.41, 5.74) is 1.02. The maximum atomic E-state index is 11.3. The molecule has 0 bridgehead atoms. The minimum absolute atomic E-state index is 0.0682. The highest BCUT2D eigenvalue weighted by Gasteiger charge is 2.28. The zero-order valence-corrected chi connectivity index (χ0v) is 7.68. The summed E-state index contributed by atoms with van der Waals surface area (Å²) in [5, 5.41) is 12.1. The van der Waals surface area contributed by atoms with Crippen LogP contribution in [0.25, 0.3) is 0 Å². The summed E-state index contributed by atoms with van der Waals surface area (Å²) in [4.78, 5) is 12.7. The molecule has 0 aliphatic carbocycles. The monoisotopic (exact) mass is 192 g/mol. The highest BCUT2D eigenvalue weighted by Crippen LogP contribution is 2.09. The summed E-state index contributed by atoms with van der Waals surface area (Å²) in [6.07, 6.45) is -0.845. The lowest BCUT2D eigenvalue weighted by molar-refractivity contribution is -0.133. The number of carbonyl (C=O) groups excluding carboxylic acids is 1. The molecule has 1 aromatic rings. The molecule has 1 heterocycles. The fourth-order valence-electron chi connectivity index (χ4n) is 1.48. The zero-order chi connectivity index (χ0) is 9.97. The Hall–Kier alpha value is -1.39. The van der Waals surface area contributed by atoms with Crippen molar-refractivity contribution < 1.29 is 9.90 Å². The summed E-state index contributed by atoms with van der Waals surface area (Å²) in [7, 11) is 0. The predicted octanol–water partition coefficient (Wildman–Crippen LogP) is -0.106. The van der Waals surface area contributed by atoms with Crippen LogP contribution in [0.15, 0.2) is 30.3 Å². The quantitative estimate of drug-likeness (QED) is 0.687. The third-order valence-corrected chi connectivity index (χ3v) is 2.25. The van der Waals surface area contributed by atoms with E-state index in [4.69, 9.17) is 0 Å². The molecular weight excluding hydrogens is 180 g/mol. The maximum Gasteiger partial charge on any atom is 0.240 e. The van der Waals surface area contributed by atoms with Crippen LogP contribution in [0.1, 0.15) is 5.56 Å². The van der Waals surface area contributed by atoms with Crippen LogP contribution >= 0.6 is 0 Å². The number of nitrogens with zero attached hydrogens (tertiary/aromatic N) is 1. The van der Waals surface area contributed by atoms with E-state index in [0.717, 1.165) is 5.56 Å². The molecule has 0 spiro atoms. The van der Waals surface area contributed by atoms with Crippen molar-refractivity contribution in [3.05, 3.63) is 35.9 Å². The predicted molar refractivity (Wildman–Crippen MR) is 51.0 cm³/mol. The summed E-state index contributed by atoms with van der Waals surface area (Å²) in [6, 6.07) is 9.60. The average molecular weight is 192 g/mol. The fraction of sp³-hybridized carbons (Fsp3) is 0.300. The smallest absolute Gasteiger partial charge is 0.240 e. The highest BCUT2D eigenvalue weighted by atomic mass is 16.3. The van der Waals surface area contributed by atoms with Crippen molar-refractivity contribution in [2.24, 2.45) is 0 Å². The van der Waals surface area contributed by atoms with E-state index in [2.05, 4.69) is 5.32 Å². The normalized spacial score (nSPS) is 21.6. The molecule has 1 aliphatic heterocycles. The Labute approximate surface area is 82.2 Å².